The summed E-state index contributed by atoms with van der Waals surface area (Å²) in [5.41, 5.74) is 2.09. The summed E-state index contributed by atoms with van der Waals surface area (Å²) in [5.74, 6) is 0. The highest BCUT2D eigenvalue weighted by molar-refractivity contribution is 14.1. The molecule has 2 aromatic heterocycles. The number of benzene rings is 1. The first kappa shape index (κ1) is 10.1. The summed E-state index contributed by atoms with van der Waals surface area (Å²) >= 11 is 3.77. The number of hydrogen-bond acceptors (Lipinski definition) is 4. The lowest BCUT2D eigenvalue weighted by atomic mass is 10.1. The van der Waals surface area contributed by atoms with Crippen molar-refractivity contribution in [1.29, 1.82) is 0 Å². The highest BCUT2D eigenvalue weighted by Gasteiger charge is 2.08. The van der Waals surface area contributed by atoms with E-state index in [2.05, 4.69) is 49.9 Å². The van der Waals surface area contributed by atoms with Gasteiger partial charge in [0.25, 0.3) is 0 Å². The average Bonchev–Trinajstić information content (AvgIpc) is 2.75. The second-order valence-electron chi connectivity index (χ2n) is 3.24. The van der Waals surface area contributed by atoms with Gasteiger partial charge in [-0.25, -0.2) is 0 Å². The molecule has 0 spiro atoms. The van der Waals surface area contributed by atoms with E-state index in [1.165, 1.54) is 0 Å². The summed E-state index contributed by atoms with van der Waals surface area (Å²) in [7, 11) is 0. The van der Waals surface area contributed by atoms with Crippen LogP contribution in [0.5, 0.6) is 0 Å². The van der Waals surface area contributed by atoms with Crippen LogP contribution in [-0.4, -0.2) is 15.2 Å². The highest BCUT2D eigenvalue weighted by Crippen LogP contribution is 2.29. The maximum Gasteiger partial charge on any atom is 0.178 e. The Morgan fingerprint density at radius 3 is 2.81 bits per heavy atom. The lowest BCUT2D eigenvalue weighted by molar-refractivity contribution is 1.07. The molecule has 0 atom stereocenters. The maximum atomic E-state index is 4.33. The van der Waals surface area contributed by atoms with E-state index in [0.717, 1.165) is 24.5 Å². The van der Waals surface area contributed by atoms with Crippen molar-refractivity contribution in [1.82, 2.24) is 15.2 Å². The number of rotatable bonds is 1. The molecule has 16 heavy (non-hydrogen) atoms. The molecule has 1 aromatic carbocycles. The van der Waals surface area contributed by atoms with Gasteiger partial charge in [-0.1, -0.05) is 29.5 Å². The first-order chi connectivity index (χ1) is 7.84. The van der Waals surface area contributed by atoms with Crippen LogP contribution in [0.15, 0.2) is 36.5 Å². The van der Waals surface area contributed by atoms with Crippen molar-refractivity contribution in [2.75, 3.05) is 0 Å². The van der Waals surface area contributed by atoms with Crippen LogP contribution < -0.4 is 0 Å². The zero-order valence-corrected chi connectivity index (χ0v) is 11.1. The molecule has 3 aromatic rings. The monoisotopic (exact) mass is 339 g/mol. The molecule has 3 nitrogen and oxygen atoms in total. The Balaban J connectivity index is 2.31. The zero-order valence-electron chi connectivity index (χ0n) is 8.09. The van der Waals surface area contributed by atoms with Gasteiger partial charge < -0.3 is 0 Å². The summed E-state index contributed by atoms with van der Waals surface area (Å²) in [6.45, 7) is 0. The second-order valence-corrected chi connectivity index (χ2v) is 5.97. The van der Waals surface area contributed by atoms with Crippen molar-refractivity contribution in [2.24, 2.45) is 0 Å². The van der Waals surface area contributed by atoms with E-state index < -0.39 is 0 Å². The SMILES string of the molecule is Ic1nnc(-c2cccc3ncccc23)s1. The Morgan fingerprint density at radius 1 is 1.06 bits per heavy atom. The second kappa shape index (κ2) is 4.06. The van der Waals surface area contributed by atoms with Crippen molar-refractivity contribution in [3.63, 3.8) is 0 Å². The number of nitrogens with zero attached hydrogens (tertiary/aromatic N) is 3. The molecular weight excluding hydrogens is 333 g/mol. The van der Waals surface area contributed by atoms with E-state index in [9.17, 15) is 0 Å². The minimum atomic E-state index is 0.947. The normalized spacial score (nSPS) is 10.8. The van der Waals surface area contributed by atoms with Crippen molar-refractivity contribution in [3.05, 3.63) is 39.5 Å². The third-order valence-corrected chi connectivity index (χ3v) is 3.90. The fourth-order valence-corrected chi connectivity index (χ4v) is 2.95. The van der Waals surface area contributed by atoms with Gasteiger partial charge in [-0.3, -0.25) is 4.98 Å². The lowest BCUT2D eigenvalue weighted by Gasteiger charge is -2.01. The van der Waals surface area contributed by atoms with Crippen LogP contribution in [-0.2, 0) is 0 Å². The number of halogens is 1. The smallest absolute Gasteiger partial charge is 0.178 e. The molecule has 3 rings (SSSR count). The van der Waals surface area contributed by atoms with Crippen LogP contribution in [0.25, 0.3) is 21.5 Å². The van der Waals surface area contributed by atoms with Crippen LogP contribution >= 0.6 is 33.9 Å². The summed E-state index contributed by atoms with van der Waals surface area (Å²) in [6.07, 6.45) is 1.80. The molecule has 0 fully saturated rings. The van der Waals surface area contributed by atoms with E-state index in [1.807, 2.05) is 18.2 Å². The Hall–Kier alpha value is -1.08. The number of aromatic nitrogens is 3. The van der Waals surface area contributed by atoms with E-state index in [1.54, 1.807) is 17.5 Å². The third kappa shape index (κ3) is 1.69. The van der Waals surface area contributed by atoms with Crippen molar-refractivity contribution >= 4 is 44.8 Å². The number of fused-ring (bicyclic) bond motifs is 1. The molecule has 0 amide bonds. The molecule has 0 saturated heterocycles. The molecule has 0 radical (unpaired) electrons. The van der Waals surface area contributed by atoms with Crippen molar-refractivity contribution < 1.29 is 0 Å². The molecular formula is C11H6IN3S. The number of hydrogen-bond donors (Lipinski definition) is 0. The van der Waals surface area contributed by atoms with Crippen LogP contribution in [0.4, 0.5) is 0 Å². The molecule has 78 valence electrons. The van der Waals surface area contributed by atoms with Gasteiger partial charge in [-0.05, 0) is 34.7 Å². The summed E-state index contributed by atoms with van der Waals surface area (Å²) in [4.78, 5) is 4.33. The topological polar surface area (TPSA) is 38.7 Å². The van der Waals surface area contributed by atoms with Crippen molar-refractivity contribution in [3.8, 4) is 10.6 Å². The van der Waals surface area contributed by atoms with Gasteiger partial charge in [0.05, 0.1) is 5.52 Å². The zero-order chi connectivity index (χ0) is 11.0. The Labute approximate surface area is 110 Å². The molecule has 0 aliphatic carbocycles. The van der Waals surface area contributed by atoms with Crippen molar-refractivity contribution in [2.45, 2.75) is 0 Å². The molecule has 0 aliphatic rings. The quantitative estimate of drug-likeness (QED) is 0.638. The standard InChI is InChI=1S/C11H6IN3S/c12-11-15-14-10(16-11)8-3-1-5-9-7(8)4-2-6-13-9/h1-6H. The molecule has 2 heterocycles. The van der Waals surface area contributed by atoms with Crippen LogP contribution in [0.1, 0.15) is 0 Å². The Morgan fingerprint density at radius 2 is 2.00 bits per heavy atom. The predicted molar refractivity (Wildman–Crippen MR) is 73.4 cm³/mol. The van der Waals surface area contributed by atoms with Crippen LogP contribution in [0, 0.1) is 3.01 Å². The summed E-state index contributed by atoms with van der Waals surface area (Å²) < 4.78 is 0.952. The largest absolute Gasteiger partial charge is 0.256 e. The molecule has 0 aliphatic heterocycles. The Kier molecular flexibility index (Phi) is 2.56. The van der Waals surface area contributed by atoms with E-state index >= 15 is 0 Å². The van der Waals surface area contributed by atoms with Crippen LogP contribution in [0.2, 0.25) is 0 Å². The molecule has 0 bridgehead atoms. The number of pyridine rings is 1. The fourth-order valence-electron chi connectivity index (χ4n) is 1.60. The molecule has 0 saturated carbocycles. The van der Waals surface area contributed by atoms with Gasteiger partial charge in [0.15, 0.2) is 3.01 Å². The summed E-state index contributed by atoms with van der Waals surface area (Å²) in [6, 6.07) is 10.1. The van der Waals surface area contributed by atoms with E-state index in [0.29, 0.717) is 0 Å². The van der Waals surface area contributed by atoms with Gasteiger partial charge >= 0.3 is 0 Å². The van der Waals surface area contributed by atoms with Gasteiger partial charge in [0.2, 0.25) is 0 Å². The van der Waals surface area contributed by atoms with Gasteiger partial charge in [-0.2, -0.15) is 0 Å². The minimum absolute atomic E-state index is 0.947. The lowest BCUT2D eigenvalue weighted by Crippen LogP contribution is -1.82. The highest BCUT2D eigenvalue weighted by atomic mass is 127. The first-order valence-electron chi connectivity index (χ1n) is 4.68. The van der Waals surface area contributed by atoms with Gasteiger partial charge in [0, 0.05) is 17.1 Å². The third-order valence-electron chi connectivity index (χ3n) is 2.28. The van der Waals surface area contributed by atoms with E-state index in [4.69, 9.17) is 0 Å². The van der Waals surface area contributed by atoms with Gasteiger partial charge in [-0.15, -0.1) is 10.2 Å². The predicted octanol–water partition coefficient (Wildman–Crippen LogP) is 3.36. The molecule has 0 N–H and O–H groups in total. The Bertz CT molecular complexity index is 645. The maximum absolute atomic E-state index is 4.33. The fraction of sp³-hybridized carbons (Fsp3) is 0. The molecule has 5 heteroatoms. The van der Waals surface area contributed by atoms with Gasteiger partial charge in [0.1, 0.15) is 5.01 Å². The average molecular weight is 339 g/mol. The first-order valence-corrected chi connectivity index (χ1v) is 6.57. The minimum Gasteiger partial charge on any atom is -0.256 e. The molecule has 0 unspecified atom stereocenters. The van der Waals surface area contributed by atoms with Crippen LogP contribution in [0.3, 0.4) is 0 Å². The summed E-state index contributed by atoms with van der Waals surface area (Å²) in [5, 5.41) is 10.3. The van der Waals surface area contributed by atoms with E-state index in [-0.39, 0.29) is 0 Å².